The molecular formula is C18H30N2O3. The van der Waals surface area contributed by atoms with Crippen LogP contribution < -0.4 is 5.32 Å². The number of carbonyl (C=O) groups excluding carboxylic acids is 1. The molecule has 1 unspecified atom stereocenters. The van der Waals surface area contributed by atoms with Gasteiger partial charge in [-0.3, -0.25) is 0 Å². The van der Waals surface area contributed by atoms with Crippen molar-refractivity contribution in [1.29, 1.82) is 0 Å². The summed E-state index contributed by atoms with van der Waals surface area (Å²) >= 11 is 0. The van der Waals surface area contributed by atoms with Crippen LogP contribution in [0.5, 0.6) is 0 Å². The summed E-state index contributed by atoms with van der Waals surface area (Å²) in [6.45, 7) is 13.1. The summed E-state index contributed by atoms with van der Waals surface area (Å²) in [6, 6.07) is 1.98. The number of furan rings is 1. The number of aryl methyl sites for hydroxylation is 1. The second kappa shape index (κ2) is 6.95. The molecular weight excluding hydrogens is 292 g/mol. The van der Waals surface area contributed by atoms with E-state index >= 15 is 0 Å². The first-order chi connectivity index (χ1) is 10.7. The second-order valence-electron chi connectivity index (χ2n) is 7.95. The van der Waals surface area contributed by atoms with Gasteiger partial charge in [-0.25, -0.2) is 4.79 Å². The molecule has 23 heavy (non-hydrogen) atoms. The fourth-order valence-electron chi connectivity index (χ4n) is 3.01. The quantitative estimate of drug-likeness (QED) is 0.918. The van der Waals surface area contributed by atoms with E-state index in [9.17, 15) is 4.79 Å². The highest BCUT2D eigenvalue weighted by molar-refractivity contribution is 5.68. The Labute approximate surface area is 139 Å². The van der Waals surface area contributed by atoms with Crippen molar-refractivity contribution < 1.29 is 13.9 Å². The number of likely N-dealkylation sites (tertiary alicyclic amines) is 1. The highest BCUT2D eigenvalue weighted by Crippen LogP contribution is 2.29. The van der Waals surface area contributed by atoms with Crippen LogP contribution in [-0.2, 0) is 11.3 Å². The van der Waals surface area contributed by atoms with Gasteiger partial charge in [0.25, 0.3) is 0 Å². The van der Waals surface area contributed by atoms with Gasteiger partial charge in [-0.05, 0) is 57.6 Å². The summed E-state index contributed by atoms with van der Waals surface area (Å²) in [6.07, 6.45) is 3.64. The molecule has 1 aromatic heterocycles. The highest BCUT2D eigenvalue weighted by Gasteiger charge is 2.34. The molecule has 0 aliphatic carbocycles. The molecule has 1 N–H and O–H groups in total. The van der Waals surface area contributed by atoms with Crippen LogP contribution in [-0.4, -0.2) is 36.2 Å². The van der Waals surface area contributed by atoms with Gasteiger partial charge < -0.3 is 19.4 Å². The van der Waals surface area contributed by atoms with Crippen LogP contribution in [0.3, 0.4) is 0 Å². The van der Waals surface area contributed by atoms with E-state index in [0.717, 1.165) is 44.8 Å². The van der Waals surface area contributed by atoms with Crippen molar-refractivity contribution in [2.75, 3.05) is 19.6 Å². The Bertz CT molecular complexity index is 533. The number of hydrogen-bond acceptors (Lipinski definition) is 4. The Morgan fingerprint density at radius 1 is 1.48 bits per heavy atom. The van der Waals surface area contributed by atoms with Crippen LogP contribution in [0.4, 0.5) is 4.79 Å². The average molecular weight is 322 g/mol. The van der Waals surface area contributed by atoms with Crippen molar-refractivity contribution >= 4 is 6.09 Å². The van der Waals surface area contributed by atoms with Gasteiger partial charge >= 0.3 is 6.09 Å². The molecule has 1 saturated heterocycles. The summed E-state index contributed by atoms with van der Waals surface area (Å²) in [5.41, 5.74) is 0.789. The summed E-state index contributed by atoms with van der Waals surface area (Å²) in [4.78, 5) is 14.1. The van der Waals surface area contributed by atoms with Crippen molar-refractivity contribution in [3.63, 3.8) is 0 Å². The zero-order valence-corrected chi connectivity index (χ0v) is 15.1. The lowest BCUT2D eigenvalue weighted by molar-refractivity contribution is 0.00670. The van der Waals surface area contributed by atoms with Gasteiger partial charge in [0.15, 0.2) is 0 Å². The maximum Gasteiger partial charge on any atom is 0.410 e. The van der Waals surface area contributed by atoms with Crippen LogP contribution in [0.2, 0.25) is 0 Å². The zero-order chi connectivity index (χ0) is 17.1. The molecule has 1 aliphatic rings. The van der Waals surface area contributed by atoms with E-state index in [2.05, 4.69) is 12.2 Å². The van der Waals surface area contributed by atoms with E-state index in [-0.39, 0.29) is 11.5 Å². The third kappa shape index (κ3) is 5.27. The number of nitrogens with one attached hydrogen (secondary N) is 1. The molecule has 1 amide bonds. The third-order valence-electron chi connectivity index (χ3n) is 4.24. The summed E-state index contributed by atoms with van der Waals surface area (Å²) < 4.78 is 11.0. The van der Waals surface area contributed by atoms with E-state index < -0.39 is 5.60 Å². The van der Waals surface area contributed by atoms with Gasteiger partial charge in [-0.15, -0.1) is 0 Å². The van der Waals surface area contributed by atoms with Gasteiger partial charge in [-0.1, -0.05) is 6.92 Å². The van der Waals surface area contributed by atoms with E-state index in [1.807, 2.05) is 38.7 Å². The molecule has 5 nitrogen and oxygen atoms in total. The Kier molecular flexibility index (Phi) is 5.40. The minimum atomic E-state index is -0.444. The van der Waals surface area contributed by atoms with Crippen molar-refractivity contribution in [3.8, 4) is 0 Å². The maximum absolute atomic E-state index is 12.3. The first-order valence-corrected chi connectivity index (χ1v) is 8.40. The lowest BCUT2D eigenvalue weighted by Gasteiger charge is -2.41. The highest BCUT2D eigenvalue weighted by atomic mass is 16.6. The molecule has 1 aromatic rings. The number of carbonyl (C=O) groups is 1. The smallest absolute Gasteiger partial charge is 0.410 e. The van der Waals surface area contributed by atoms with E-state index in [1.54, 1.807) is 6.26 Å². The molecule has 1 fully saturated rings. The Morgan fingerprint density at radius 2 is 2.22 bits per heavy atom. The largest absolute Gasteiger partial charge is 0.468 e. The molecule has 0 aromatic carbocycles. The van der Waals surface area contributed by atoms with Crippen molar-refractivity contribution in [2.45, 2.75) is 59.6 Å². The molecule has 5 heteroatoms. The predicted molar refractivity (Wildman–Crippen MR) is 90.3 cm³/mol. The molecule has 0 bridgehead atoms. The van der Waals surface area contributed by atoms with Gasteiger partial charge in [0.1, 0.15) is 11.4 Å². The predicted octanol–water partition coefficient (Wildman–Crippen LogP) is 3.71. The molecule has 130 valence electrons. The van der Waals surface area contributed by atoms with Crippen molar-refractivity contribution in [1.82, 2.24) is 10.2 Å². The monoisotopic (exact) mass is 322 g/mol. The molecule has 2 heterocycles. The normalized spacial score (nSPS) is 22.2. The Balaban J connectivity index is 1.86. The second-order valence-corrected chi connectivity index (χ2v) is 7.95. The fraction of sp³-hybridized carbons (Fsp3) is 0.722. The summed E-state index contributed by atoms with van der Waals surface area (Å²) in [5.74, 6) is 0.980. The lowest BCUT2D eigenvalue weighted by Crippen LogP contribution is -2.50. The molecule has 1 aliphatic heterocycles. The molecule has 0 radical (unpaired) electrons. The minimum Gasteiger partial charge on any atom is -0.468 e. The number of hydrogen-bond donors (Lipinski definition) is 1. The van der Waals surface area contributed by atoms with Gasteiger partial charge in [0.05, 0.1) is 12.8 Å². The van der Waals surface area contributed by atoms with Gasteiger partial charge in [0.2, 0.25) is 0 Å². The third-order valence-corrected chi connectivity index (χ3v) is 4.24. The number of nitrogens with zero attached hydrogens (tertiary/aromatic N) is 1. The van der Waals surface area contributed by atoms with Crippen LogP contribution in [0.25, 0.3) is 0 Å². The van der Waals surface area contributed by atoms with Crippen LogP contribution in [0, 0.1) is 12.3 Å². The topological polar surface area (TPSA) is 54.7 Å². The van der Waals surface area contributed by atoms with Crippen LogP contribution in [0.15, 0.2) is 16.7 Å². The van der Waals surface area contributed by atoms with Crippen molar-refractivity contribution in [3.05, 3.63) is 23.7 Å². The molecule has 1 atom stereocenters. The van der Waals surface area contributed by atoms with E-state index in [4.69, 9.17) is 9.15 Å². The number of piperidine rings is 1. The SMILES string of the molecule is Cc1ccoc1CNCC1(C)CCCN(C(=O)OC(C)(C)C)C1. The van der Waals surface area contributed by atoms with Gasteiger partial charge in [-0.2, -0.15) is 0 Å². The minimum absolute atomic E-state index is 0.0651. The molecule has 0 spiro atoms. The Morgan fingerprint density at radius 3 is 2.83 bits per heavy atom. The van der Waals surface area contributed by atoms with Crippen LogP contribution in [0.1, 0.15) is 51.9 Å². The average Bonchev–Trinajstić information content (AvgIpc) is 2.82. The van der Waals surface area contributed by atoms with Gasteiger partial charge in [0, 0.05) is 19.6 Å². The number of ether oxygens (including phenoxy) is 1. The summed E-state index contributed by atoms with van der Waals surface area (Å²) in [7, 11) is 0. The molecule has 0 saturated carbocycles. The Hall–Kier alpha value is -1.49. The fourth-order valence-corrected chi connectivity index (χ4v) is 3.01. The number of rotatable bonds is 4. The van der Waals surface area contributed by atoms with Crippen LogP contribution >= 0.6 is 0 Å². The zero-order valence-electron chi connectivity index (χ0n) is 15.1. The van der Waals surface area contributed by atoms with E-state index in [0.29, 0.717) is 0 Å². The maximum atomic E-state index is 12.3. The van der Waals surface area contributed by atoms with E-state index in [1.165, 1.54) is 5.56 Å². The van der Waals surface area contributed by atoms with Crippen molar-refractivity contribution in [2.24, 2.45) is 5.41 Å². The first kappa shape index (κ1) is 17.9. The standard InChI is InChI=1S/C18H30N2O3/c1-14-7-10-22-15(14)11-19-12-18(5)8-6-9-20(13-18)16(21)23-17(2,3)4/h7,10,19H,6,8-9,11-13H2,1-5H3. The lowest BCUT2D eigenvalue weighted by atomic mass is 9.82. The molecule has 2 rings (SSSR count). The number of amides is 1. The summed E-state index contributed by atoms with van der Waals surface area (Å²) in [5, 5.41) is 3.47. The first-order valence-electron chi connectivity index (χ1n) is 8.40.